The van der Waals surface area contributed by atoms with Gasteiger partial charge in [-0.1, -0.05) is 42.4 Å². The van der Waals surface area contributed by atoms with Gasteiger partial charge >= 0.3 is 0 Å². The number of nitrogens with one attached hydrogen (secondary N) is 1. The van der Waals surface area contributed by atoms with Gasteiger partial charge in [-0.05, 0) is 32.3 Å². The van der Waals surface area contributed by atoms with E-state index in [1.54, 1.807) is 13.8 Å². The first-order chi connectivity index (χ1) is 10.3. The average Bonchev–Trinajstić information content (AvgIpc) is 2.78. The number of rotatable bonds is 6. The molecule has 1 N–H and O–H groups in total. The summed E-state index contributed by atoms with van der Waals surface area (Å²) in [7, 11) is -3.41. The lowest BCUT2D eigenvalue weighted by Gasteiger charge is -2.17. The zero-order valence-corrected chi connectivity index (χ0v) is 14.1. The molecule has 0 aliphatic carbocycles. The molecule has 120 valence electrons. The highest BCUT2D eigenvalue weighted by Crippen LogP contribution is 2.23. The van der Waals surface area contributed by atoms with Gasteiger partial charge in [-0.3, -0.25) is 0 Å². The number of nitrogens with zero attached hydrogens (tertiary/aromatic N) is 1. The standard InChI is InChI=1S/C16H22N2O3S/c1-11(15-8-6-5-7-9-15)10-22(19,20)18-13(3)16-12(2)17-21-14(16)4/h5-9,11,13,18H,10H2,1-4H3. The van der Waals surface area contributed by atoms with Crippen LogP contribution in [0.3, 0.4) is 0 Å². The van der Waals surface area contributed by atoms with Gasteiger partial charge in [-0.2, -0.15) is 0 Å². The third-order valence-electron chi connectivity index (χ3n) is 3.72. The first-order valence-electron chi connectivity index (χ1n) is 7.28. The van der Waals surface area contributed by atoms with Crippen molar-refractivity contribution in [3.63, 3.8) is 0 Å². The molecule has 0 aliphatic heterocycles. The molecule has 2 aromatic rings. The Kier molecular flexibility index (Phi) is 5.03. The van der Waals surface area contributed by atoms with E-state index >= 15 is 0 Å². The van der Waals surface area contributed by atoms with Gasteiger partial charge in [0.2, 0.25) is 10.0 Å². The summed E-state index contributed by atoms with van der Waals surface area (Å²) in [5, 5.41) is 3.87. The predicted molar refractivity (Wildman–Crippen MR) is 86.2 cm³/mol. The van der Waals surface area contributed by atoms with Crippen molar-refractivity contribution in [2.75, 3.05) is 5.75 Å². The fraction of sp³-hybridized carbons (Fsp3) is 0.438. The molecule has 0 aliphatic rings. The molecule has 2 atom stereocenters. The number of aromatic nitrogens is 1. The molecule has 2 unspecified atom stereocenters. The molecule has 1 aromatic heterocycles. The molecule has 6 heteroatoms. The van der Waals surface area contributed by atoms with Crippen LogP contribution in [0.4, 0.5) is 0 Å². The summed E-state index contributed by atoms with van der Waals surface area (Å²) < 4.78 is 32.6. The number of benzene rings is 1. The molecule has 22 heavy (non-hydrogen) atoms. The Balaban J connectivity index is 2.08. The third kappa shape index (κ3) is 3.96. The van der Waals surface area contributed by atoms with Crippen molar-refractivity contribution < 1.29 is 12.9 Å². The maximum atomic E-state index is 12.4. The summed E-state index contributed by atoms with van der Waals surface area (Å²) in [4.78, 5) is 0. The average molecular weight is 322 g/mol. The Hall–Kier alpha value is -1.66. The zero-order valence-electron chi connectivity index (χ0n) is 13.3. The van der Waals surface area contributed by atoms with Crippen molar-refractivity contribution in [2.45, 2.75) is 39.7 Å². The molecular formula is C16H22N2O3S. The minimum atomic E-state index is -3.41. The lowest BCUT2D eigenvalue weighted by molar-refractivity contribution is 0.391. The topological polar surface area (TPSA) is 72.2 Å². The predicted octanol–water partition coefficient (Wildman–Crippen LogP) is 3.08. The van der Waals surface area contributed by atoms with Crippen molar-refractivity contribution in [3.8, 4) is 0 Å². The number of aryl methyl sites for hydroxylation is 2. The SMILES string of the molecule is Cc1noc(C)c1C(C)NS(=O)(=O)CC(C)c1ccccc1. The van der Waals surface area contributed by atoms with Crippen LogP contribution in [0.15, 0.2) is 34.9 Å². The fourth-order valence-electron chi connectivity index (χ4n) is 2.69. The molecule has 0 saturated heterocycles. The molecule has 0 amide bonds. The minimum Gasteiger partial charge on any atom is -0.361 e. The normalized spacial score (nSPS) is 14.7. The van der Waals surface area contributed by atoms with Gasteiger partial charge in [-0.15, -0.1) is 0 Å². The van der Waals surface area contributed by atoms with Gasteiger partial charge in [0.25, 0.3) is 0 Å². The maximum Gasteiger partial charge on any atom is 0.212 e. The van der Waals surface area contributed by atoms with Gasteiger partial charge in [0, 0.05) is 11.6 Å². The van der Waals surface area contributed by atoms with Gasteiger partial charge in [-0.25, -0.2) is 13.1 Å². The molecule has 0 fully saturated rings. The van der Waals surface area contributed by atoms with Crippen LogP contribution in [0.5, 0.6) is 0 Å². The molecule has 2 rings (SSSR count). The monoisotopic (exact) mass is 322 g/mol. The smallest absolute Gasteiger partial charge is 0.212 e. The van der Waals surface area contributed by atoms with Gasteiger partial charge in [0.05, 0.1) is 11.4 Å². The Morgan fingerprint density at radius 1 is 1.18 bits per heavy atom. The summed E-state index contributed by atoms with van der Waals surface area (Å²) in [6.07, 6.45) is 0. The Morgan fingerprint density at radius 2 is 1.82 bits per heavy atom. The van der Waals surface area contributed by atoms with Crippen LogP contribution in [-0.2, 0) is 10.0 Å². The highest BCUT2D eigenvalue weighted by molar-refractivity contribution is 7.89. The zero-order chi connectivity index (χ0) is 16.3. The Labute approximate surface area is 131 Å². The van der Waals surface area contributed by atoms with Crippen molar-refractivity contribution in [1.29, 1.82) is 0 Å². The summed E-state index contributed by atoms with van der Waals surface area (Å²) >= 11 is 0. The molecule has 0 spiro atoms. The first kappa shape index (κ1) is 16.7. The van der Waals surface area contributed by atoms with E-state index in [1.807, 2.05) is 44.2 Å². The molecule has 1 heterocycles. The molecule has 0 bridgehead atoms. The Bertz CT molecular complexity index is 704. The van der Waals surface area contributed by atoms with E-state index in [0.717, 1.165) is 11.1 Å². The first-order valence-corrected chi connectivity index (χ1v) is 8.93. The maximum absolute atomic E-state index is 12.4. The second-order valence-electron chi connectivity index (χ2n) is 5.67. The van der Waals surface area contributed by atoms with Crippen molar-refractivity contribution in [3.05, 3.63) is 52.9 Å². The van der Waals surface area contributed by atoms with E-state index in [1.165, 1.54) is 0 Å². The van der Waals surface area contributed by atoms with Crippen molar-refractivity contribution >= 4 is 10.0 Å². The van der Waals surface area contributed by atoms with Crippen LogP contribution in [0, 0.1) is 13.8 Å². The fourth-order valence-corrected chi connectivity index (χ4v) is 4.30. The summed E-state index contributed by atoms with van der Waals surface area (Å²) in [6, 6.07) is 9.27. The lowest BCUT2D eigenvalue weighted by atomic mass is 10.0. The molecule has 5 nitrogen and oxygen atoms in total. The van der Waals surface area contributed by atoms with Crippen molar-refractivity contribution in [1.82, 2.24) is 9.88 Å². The van der Waals surface area contributed by atoms with E-state index in [4.69, 9.17) is 4.52 Å². The van der Waals surface area contributed by atoms with Crippen molar-refractivity contribution in [2.24, 2.45) is 0 Å². The molecule has 0 saturated carbocycles. The third-order valence-corrected chi connectivity index (χ3v) is 5.37. The number of sulfonamides is 1. The van der Waals surface area contributed by atoms with Gasteiger partial charge in [0.1, 0.15) is 5.76 Å². The number of hydrogen-bond acceptors (Lipinski definition) is 4. The highest BCUT2D eigenvalue weighted by atomic mass is 32.2. The summed E-state index contributed by atoms with van der Waals surface area (Å²) in [6.45, 7) is 7.31. The summed E-state index contributed by atoms with van der Waals surface area (Å²) in [5.74, 6) is 0.615. The summed E-state index contributed by atoms with van der Waals surface area (Å²) in [5.41, 5.74) is 2.53. The molecule has 0 radical (unpaired) electrons. The largest absolute Gasteiger partial charge is 0.361 e. The second-order valence-corrected chi connectivity index (χ2v) is 7.47. The Morgan fingerprint density at radius 3 is 2.36 bits per heavy atom. The van der Waals surface area contributed by atoms with Crippen LogP contribution in [0.1, 0.15) is 48.4 Å². The van der Waals surface area contributed by atoms with Gasteiger partial charge < -0.3 is 4.52 Å². The van der Waals surface area contributed by atoms with Gasteiger partial charge in [0.15, 0.2) is 0 Å². The second kappa shape index (κ2) is 6.62. The molecule has 1 aromatic carbocycles. The van der Waals surface area contributed by atoms with E-state index in [0.29, 0.717) is 11.5 Å². The van der Waals surface area contributed by atoms with E-state index in [2.05, 4.69) is 9.88 Å². The highest BCUT2D eigenvalue weighted by Gasteiger charge is 2.23. The van der Waals surface area contributed by atoms with E-state index in [9.17, 15) is 8.42 Å². The van der Waals surface area contributed by atoms with Crippen LogP contribution in [0.25, 0.3) is 0 Å². The lowest BCUT2D eigenvalue weighted by Crippen LogP contribution is -2.31. The minimum absolute atomic E-state index is 0.0464. The van der Waals surface area contributed by atoms with Crippen LogP contribution >= 0.6 is 0 Å². The van der Waals surface area contributed by atoms with E-state index in [-0.39, 0.29) is 17.7 Å². The van der Waals surface area contributed by atoms with E-state index < -0.39 is 10.0 Å². The van der Waals surface area contributed by atoms with Crippen LogP contribution < -0.4 is 4.72 Å². The quantitative estimate of drug-likeness (QED) is 0.887. The van der Waals surface area contributed by atoms with Crippen LogP contribution in [0.2, 0.25) is 0 Å². The molecular weight excluding hydrogens is 300 g/mol. The van der Waals surface area contributed by atoms with Crippen LogP contribution in [-0.4, -0.2) is 19.3 Å². The number of hydrogen-bond donors (Lipinski definition) is 1.